The van der Waals surface area contributed by atoms with Gasteiger partial charge in [0, 0.05) is 11.8 Å². The van der Waals surface area contributed by atoms with Crippen molar-refractivity contribution in [3.8, 4) is 0 Å². The van der Waals surface area contributed by atoms with Crippen LogP contribution in [0, 0.1) is 23.9 Å². The van der Waals surface area contributed by atoms with Crippen LogP contribution in [0.3, 0.4) is 0 Å². The van der Waals surface area contributed by atoms with Crippen LogP contribution >= 0.6 is 0 Å². The third-order valence-electron chi connectivity index (χ3n) is 6.25. The highest BCUT2D eigenvalue weighted by Crippen LogP contribution is 2.64. The minimum atomic E-state index is -4.33. The van der Waals surface area contributed by atoms with Gasteiger partial charge in [-0.2, -0.15) is 0 Å². The smallest absolute Gasteiger partial charge is 0.357 e. The van der Waals surface area contributed by atoms with Crippen molar-refractivity contribution in [3.05, 3.63) is 67.8 Å². The lowest BCUT2D eigenvalue weighted by Crippen LogP contribution is -3.61. The largest absolute Gasteiger partial charge is 0.748 e. The lowest BCUT2D eigenvalue weighted by Gasteiger charge is -2.37. The van der Waals surface area contributed by atoms with Crippen LogP contribution in [0.1, 0.15) is 33.1 Å². The number of Topliss-reactive ketones (excluding diaryl/α,β-unsaturated/α-hetero) is 1. The van der Waals surface area contributed by atoms with Crippen LogP contribution in [-0.2, 0) is 14.9 Å². The van der Waals surface area contributed by atoms with Crippen LogP contribution < -0.4 is 21.2 Å². The summed E-state index contributed by atoms with van der Waals surface area (Å²) in [6.45, 7) is 3.83. The van der Waals surface area contributed by atoms with Crippen molar-refractivity contribution in [1.82, 2.24) is 0 Å². The first-order valence-corrected chi connectivity index (χ1v) is 13.1. The maximum absolute atomic E-state index is 11.8. The normalized spacial score (nSPS) is 25.2. The average molecular weight is 512 g/mol. The van der Waals surface area contributed by atoms with Gasteiger partial charge >= 0.3 is 21.2 Å². The highest BCUT2D eigenvalue weighted by molar-refractivity contribution is 7.85. The lowest BCUT2D eigenvalue weighted by molar-refractivity contribution is -0.597. The number of carbonyl (C=O) groups is 1. The molecule has 150 valence electrons. The number of fused-ring (bicyclic) bond motifs is 2. The van der Waals surface area contributed by atoms with Gasteiger partial charge in [-0.3, -0.25) is 4.79 Å². The maximum Gasteiger partial charge on any atom is 0.357 e. The molecule has 0 radical (unpaired) electrons. The fourth-order valence-electron chi connectivity index (χ4n) is 4.49. The number of ketones is 1. The Bertz CT molecular complexity index is 888. The van der Waals surface area contributed by atoms with Gasteiger partial charge in [0.1, 0.15) is 5.78 Å². The van der Waals surface area contributed by atoms with Crippen LogP contribution in [-0.4, -0.2) is 24.5 Å². The lowest BCUT2D eigenvalue weighted by atomic mass is 9.70. The van der Waals surface area contributed by atoms with Crippen molar-refractivity contribution in [1.29, 1.82) is 0 Å². The maximum atomic E-state index is 11.8. The SMILES string of the molecule is CC1(C)C2CCC1(CS(=O)(=O)[O-])C(=O)C2.c1ccc([I+]c2ccccc2)cc1. The Hall–Kier alpha value is -1.25. The van der Waals surface area contributed by atoms with Gasteiger partial charge in [-0.05, 0) is 48.4 Å². The number of halogens is 1. The van der Waals surface area contributed by atoms with Gasteiger partial charge in [0.15, 0.2) is 7.14 Å². The number of hydrogen-bond acceptors (Lipinski definition) is 4. The molecule has 2 aliphatic rings. The molecule has 28 heavy (non-hydrogen) atoms. The summed E-state index contributed by atoms with van der Waals surface area (Å²) in [4.78, 5) is 11.8. The molecule has 0 heterocycles. The minimum absolute atomic E-state index is 0.0248. The summed E-state index contributed by atoms with van der Waals surface area (Å²) in [6, 6.07) is 21.4. The molecule has 2 saturated carbocycles. The first kappa shape index (κ1) is 21.5. The second-order valence-electron chi connectivity index (χ2n) is 8.05. The van der Waals surface area contributed by atoms with Gasteiger partial charge in [-0.15, -0.1) is 0 Å². The molecule has 4 nitrogen and oxygen atoms in total. The number of carbonyl (C=O) groups excluding carboxylic acids is 1. The Morgan fingerprint density at radius 2 is 1.50 bits per heavy atom. The number of hydrogen-bond donors (Lipinski definition) is 0. The van der Waals surface area contributed by atoms with Gasteiger partial charge in [0.2, 0.25) is 0 Å². The van der Waals surface area contributed by atoms with E-state index in [1.165, 1.54) is 7.14 Å². The van der Waals surface area contributed by atoms with E-state index in [1.54, 1.807) is 0 Å². The van der Waals surface area contributed by atoms with E-state index < -0.39 is 21.3 Å². The number of rotatable bonds is 4. The molecule has 2 fully saturated rings. The summed E-state index contributed by atoms with van der Waals surface area (Å²) in [5.74, 6) is -0.280. The van der Waals surface area contributed by atoms with Crippen LogP contribution in [0.4, 0.5) is 0 Å². The summed E-state index contributed by atoms with van der Waals surface area (Å²) in [6.07, 6.45) is 1.88. The first-order chi connectivity index (χ1) is 13.1. The Kier molecular flexibility index (Phi) is 6.32. The van der Waals surface area contributed by atoms with E-state index in [4.69, 9.17) is 0 Å². The summed E-state index contributed by atoms with van der Waals surface area (Å²) >= 11 is 0.0287. The Balaban J connectivity index is 0.000000162. The van der Waals surface area contributed by atoms with E-state index in [0.717, 1.165) is 6.42 Å². The predicted octanol–water partition coefficient (Wildman–Crippen LogP) is 0.742. The van der Waals surface area contributed by atoms with Crippen LogP contribution in [0.2, 0.25) is 0 Å². The highest BCUT2D eigenvalue weighted by Gasteiger charge is 2.64. The second-order valence-corrected chi connectivity index (χ2v) is 12.5. The van der Waals surface area contributed by atoms with Crippen molar-refractivity contribution >= 4 is 15.9 Å². The molecule has 2 aromatic rings. The summed E-state index contributed by atoms with van der Waals surface area (Å²) < 4.78 is 35.6. The Morgan fingerprint density at radius 1 is 1.00 bits per heavy atom. The fourth-order valence-corrected chi connectivity index (χ4v) is 8.04. The second kappa shape index (κ2) is 8.24. The van der Waals surface area contributed by atoms with E-state index in [-0.39, 0.29) is 38.3 Å². The van der Waals surface area contributed by atoms with E-state index in [0.29, 0.717) is 12.8 Å². The zero-order chi connectivity index (χ0) is 20.4. The van der Waals surface area contributed by atoms with Crippen molar-refractivity contribution in [3.63, 3.8) is 0 Å². The molecule has 0 aliphatic heterocycles. The van der Waals surface area contributed by atoms with E-state index >= 15 is 0 Å². The molecule has 2 aromatic carbocycles. The molecule has 0 spiro atoms. The van der Waals surface area contributed by atoms with Crippen molar-refractivity contribution < 1.29 is 39.0 Å². The third-order valence-corrected chi connectivity index (χ3v) is 9.78. The van der Waals surface area contributed by atoms with Crippen molar-refractivity contribution in [2.24, 2.45) is 16.7 Å². The summed E-state index contributed by atoms with van der Waals surface area (Å²) in [5, 5.41) is 0. The van der Waals surface area contributed by atoms with Gasteiger partial charge in [-0.1, -0.05) is 50.2 Å². The standard InChI is InChI=1S/C12H10I.C10H16O4S/c1-3-7-11(8-4-1)13-12-9-5-2-6-10-12;1-9(2)7-3-4-10(9,8(11)5-7)6-15(12,13)14/h1-10H;7H,3-6H2,1-2H3,(H,12,13,14)/q+1;/p-1. The molecule has 2 unspecified atom stereocenters. The quantitative estimate of drug-likeness (QED) is 0.448. The van der Waals surface area contributed by atoms with Gasteiger partial charge in [0.05, 0.1) is 15.9 Å². The Labute approximate surface area is 177 Å². The molecule has 2 atom stereocenters. The first-order valence-electron chi connectivity index (χ1n) is 9.36. The average Bonchev–Trinajstić information content (AvgIpc) is 2.97. The number of benzene rings is 2. The molecular weight excluding hydrogens is 487 g/mol. The zero-order valence-corrected chi connectivity index (χ0v) is 19.1. The molecule has 2 bridgehead atoms. The summed E-state index contributed by atoms with van der Waals surface area (Å²) in [5.41, 5.74) is -1.22. The van der Waals surface area contributed by atoms with E-state index in [2.05, 4.69) is 60.7 Å². The molecule has 2 aliphatic carbocycles. The summed E-state index contributed by atoms with van der Waals surface area (Å²) in [7, 11) is -4.33. The molecule has 0 saturated heterocycles. The zero-order valence-electron chi connectivity index (χ0n) is 16.1. The topological polar surface area (TPSA) is 74.3 Å². The van der Waals surface area contributed by atoms with E-state index in [1.807, 2.05) is 13.8 Å². The van der Waals surface area contributed by atoms with Gasteiger partial charge < -0.3 is 4.55 Å². The predicted molar refractivity (Wildman–Crippen MR) is 103 cm³/mol. The molecule has 0 N–H and O–H groups in total. The molecule has 0 aromatic heterocycles. The molecule has 0 amide bonds. The van der Waals surface area contributed by atoms with Gasteiger partial charge in [-0.25, -0.2) is 8.42 Å². The molecule has 6 heteroatoms. The minimum Gasteiger partial charge on any atom is -0.748 e. The monoisotopic (exact) mass is 512 g/mol. The van der Waals surface area contributed by atoms with Crippen molar-refractivity contribution in [2.75, 3.05) is 5.75 Å². The van der Waals surface area contributed by atoms with Crippen LogP contribution in [0.15, 0.2) is 60.7 Å². The Morgan fingerprint density at radius 3 is 1.86 bits per heavy atom. The fraction of sp³-hybridized carbons (Fsp3) is 0.409. The van der Waals surface area contributed by atoms with Crippen molar-refractivity contribution in [2.45, 2.75) is 33.1 Å². The third kappa shape index (κ3) is 4.49. The molecular formula is C22H25IO4S. The highest BCUT2D eigenvalue weighted by atomic mass is 127. The van der Waals surface area contributed by atoms with Gasteiger partial charge in [0.25, 0.3) is 0 Å². The van der Waals surface area contributed by atoms with Crippen LogP contribution in [0.25, 0.3) is 0 Å². The molecule has 4 rings (SSSR count). The van der Waals surface area contributed by atoms with E-state index in [9.17, 15) is 17.8 Å². The van der Waals surface area contributed by atoms with Crippen LogP contribution in [0.5, 0.6) is 0 Å².